The summed E-state index contributed by atoms with van der Waals surface area (Å²) in [5.41, 5.74) is 6.27. The molecule has 0 aromatic heterocycles. The molecule has 4 N–H and O–H groups in total. The van der Waals surface area contributed by atoms with Gasteiger partial charge in [-0.05, 0) is 18.6 Å². The maximum absolute atomic E-state index is 11.4. The molecule has 1 atom stereocenters. The molecule has 0 aliphatic heterocycles. The van der Waals surface area contributed by atoms with E-state index in [4.69, 9.17) is 17.3 Å². The van der Waals surface area contributed by atoms with Crippen LogP contribution in [-0.2, 0) is 0 Å². The van der Waals surface area contributed by atoms with Crippen molar-refractivity contribution in [3.63, 3.8) is 0 Å². The summed E-state index contributed by atoms with van der Waals surface area (Å²) in [6.07, 6.45) is 0.826. The van der Waals surface area contributed by atoms with Crippen molar-refractivity contribution < 1.29 is 4.79 Å². The Labute approximate surface area is 100 Å². The van der Waals surface area contributed by atoms with Crippen LogP contribution < -0.4 is 16.4 Å². The van der Waals surface area contributed by atoms with Gasteiger partial charge in [0.05, 0.1) is 10.7 Å². The van der Waals surface area contributed by atoms with E-state index in [9.17, 15) is 4.79 Å². The van der Waals surface area contributed by atoms with E-state index in [-0.39, 0.29) is 12.1 Å². The molecule has 4 nitrogen and oxygen atoms in total. The van der Waals surface area contributed by atoms with E-state index in [1.807, 2.05) is 6.92 Å². The predicted octanol–water partition coefficient (Wildman–Crippen LogP) is 2.20. The van der Waals surface area contributed by atoms with Crippen LogP contribution >= 0.6 is 11.6 Å². The number of halogens is 1. The minimum Gasteiger partial charge on any atom is -0.336 e. The molecule has 0 spiro atoms. The second-order valence-electron chi connectivity index (χ2n) is 3.48. The first kappa shape index (κ1) is 12.8. The third-order valence-corrected chi connectivity index (χ3v) is 2.50. The van der Waals surface area contributed by atoms with E-state index in [0.717, 1.165) is 6.42 Å². The highest BCUT2D eigenvalue weighted by Gasteiger charge is 2.05. The molecule has 0 aliphatic carbocycles. The van der Waals surface area contributed by atoms with Crippen molar-refractivity contribution in [1.29, 1.82) is 0 Å². The van der Waals surface area contributed by atoms with Crippen LogP contribution in [0, 0.1) is 0 Å². The molecule has 88 valence electrons. The average Bonchev–Trinajstić information content (AvgIpc) is 2.29. The summed E-state index contributed by atoms with van der Waals surface area (Å²) in [6.45, 7) is 2.42. The third kappa shape index (κ3) is 4.08. The number of carbonyl (C=O) groups is 1. The lowest BCUT2D eigenvalue weighted by atomic mass is 10.2. The Bertz CT molecular complexity index is 357. The molecule has 1 rings (SSSR count). The van der Waals surface area contributed by atoms with Crippen molar-refractivity contribution in [2.75, 3.05) is 11.9 Å². The number of anilines is 1. The maximum Gasteiger partial charge on any atom is 0.319 e. The molecule has 16 heavy (non-hydrogen) atoms. The number of amides is 2. The van der Waals surface area contributed by atoms with Gasteiger partial charge in [0.25, 0.3) is 0 Å². The van der Waals surface area contributed by atoms with Crippen LogP contribution in [0.2, 0.25) is 5.02 Å². The molecule has 5 heteroatoms. The van der Waals surface area contributed by atoms with Gasteiger partial charge >= 0.3 is 6.03 Å². The van der Waals surface area contributed by atoms with Gasteiger partial charge in [0, 0.05) is 12.6 Å². The molecule has 0 aliphatic rings. The first-order chi connectivity index (χ1) is 7.63. The highest BCUT2D eigenvalue weighted by Crippen LogP contribution is 2.19. The monoisotopic (exact) mass is 241 g/mol. The number of nitrogens with one attached hydrogen (secondary N) is 2. The lowest BCUT2D eigenvalue weighted by molar-refractivity contribution is 0.251. The third-order valence-electron chi connectivity index (χ3n) is 2.17. The number of para-hydroxylation sites is 1. The van der Waals surface area contributed by atoms with Gasteiger partial charge in [0.2, 0.25) is 0 Å². The number of nitrogens with two attached hydrogens (primary N) is 1. The van der Waals surface area contributed by atoms with E-state index in [1.54, 1.807) is 24.3 Å². The lowest BCUT2D eigenvalue weighted by Gasteiger charge is -2.11. The fraction of sp³-hybridized carbons (Fsp3) is 0.364. The number of hydrogen-bond acceptors (Lipinski definition) is 2. The topological polar surface area (TPSA) is 67.1 Å². The zero-order valence-corrected chi connectivity index (χ0v) is 9.92. The number of hydrogen-bond donors (Lipinski definition) is 3. The summed E-state index contributed by atoms with van der Waals surface area (Å²) in [7, 11) is 0. The standard InChI is InChI=1S/C11H16ClN3O/c1-2-8(13)7-14-11(16)15-10-6-4-3-5-9(10)12/h3-6,8H,2,7,13H2,1H3,(H2,14,15,16). The predicted molar refractivity (Wildman–Crippen MR) is 66.7 cm³/mol. The fourth-order valence-corrected chi connectivity index (χ4v) is 1.28. The summed E-state index contributed by atoms with van der Waals surface area (Å²) >= 11 is 5.89. The number of rotatable bonds is 4. The van der Waals surface area contributed by atoms with E-state index in [0.29, 0.717) is 17.3 Å². The molecule has 1 aromatic carbocycles. The van der Waals surface area contributed by atoms with Gasteiger partial charge < -0.3 is 16.4 Å². The van der Waals surface area contributed by atoms with Crippen LogP contribution in [0.1, 0.15) is 13.3 Å². The summed E-state index contributed by atoms with van der Waals surface area (Å²) < 4.78 is 0. The quantitative estimate of drug-likeness (QED) is 0.757. The van der Waals surface area contributed by atoms with E-state index in [2.05, 4.69) is 10.6 Å². The van der Waals surface area contributed by atoms with Crippen LogP contribution in [-0.4, -0.2) is 18.6 Å². The van der Waals surface area contributed by atoms with Gasteiger partial charge in [0.1, 0.15) is 0 Å². The maximum atomic E-state index is 11.4. The van der Waals surface area contributed by atoms with Gasteiger partial charge in [-0.25, -0.2) is 4.79 Å². The van der Waals surface area contributed by atoms with Crippen LogP contribution in [0.3, 0.4) is 0 Å². The Balaban J connectivity index is 2.43. The van der Waals surface area contributed by atoms with E-state index < -0.39 is 0 Å². The van der Waals surface area contributed by atoms with Crippen molar-refractivity contribution in [3.8, 4) is 0 Å². The Hall–Kier alpha value is -1.26. The molecule has 0 heterocycles. The molecular formula is C11H16ClN3O. The normalized spacial score (nSPS) is 11.9. The molecule has 0 bridgehead atoms. The summed E-state index contributed by atoms with van der Waals surface area (Å²) in [5.74, 6) is 0. The van der Waals surface area contributed by atoms with Crippen LogP contribution in [0.4, 0.5) is 10.5 Å². The Morgan fingerprint density at radius 3 is 2.81 bits per heavy atom. The largest absolute Gasteiger partial charge is 0.336 e. The van der Waals surface area contributed by atoms with E-state index in [1.165, 1.54) is 0 Å². The van der Waals surface area contributed by atoms with Crippen molar-refractivity contribution in [2.45, 2.75) is 19.4 Å². The molecule has 1 unspecified atom stereocenters. The van der Waals surface area contributed by atoms with Gasteiger partial charge in [0.15, 0.2) is 0 Å². The Kier molecular flexibility index (Phi) is 5.08. The lowest BCUT2D eigenvalue weighted by Crippen LogP contribution is -2.38. The Morgan fingerprint density at radius 2 is 2.19 bits per heavy atom. The SMILES string of the molecule is CCC(N)CNC(=O)Nc1ccccc1Cl. The molecule has 0 saturated heterocycles. The molecular weight excluding hydrogens is 226 g/mol. The smallest absolute Gasteiger partial charge is 0.319 e. The van der Waals surface area contributed by atoms with Crippen molar-refractivity contribution in [2.24, 2.45) is 5.73 Å². The van der Waals surface area contributed by atoms with Crippen molar-refractivity contribution >= 4 is 23.3 Å². The summed E-state index contributed by atoms with van der Waals surface area (Å²) in [6, 6.07) is 6.75. The number of carbonyl (C=O) groups excluding carboxylic acids is 1. The van der Waals surface area contributed by atoms with Crippen molar-refractivity contribution in [3.05, 3.63) is 29.3 Å². The summed E-state index contributed by atoms with van der Waals surface area (Å²) in [4.78, 5) is 11.4. The molecule has 0 fully saturated rings. The second kappa shape index (κ2) is 6.35. The molecule has 0 saturated carbocycles. The van der Waals surface area contributed by atoms with Crippen LogP contribution in [0.15, 0.2) is 24.3 Å². The zero-order valence-electron chi connectivity index (χ0n) is 9.16. The molecule has 0 radical (unpaired) electrons. The first-order valence-corrected chi connectivity index (χ1v) is 5.56. The minimum atomic E-state index is -0.294. The van der Waals surface area contributed by atoms with E-state index >= 15 is 0 Å². The van der Waals surface area contributed by atoms with Gasteiger partial charge in [-0.1, -0.05) is 30.7 Å². The zero-order chi connectivity index (χ0) is 12.0. The number of benzene rings is 1. The van der Waals surface area contributed by atoms with Crippen LogP contribution in [0.25, 0.3) is 0 Å². The van der Waals surface area contributed by atoms with Gasteiger partial charge in [-0.2, -0.15) is 0 Å². The van der Waals surface area contributed by atoms with Crippen LogP contribution in [0.5, 0.6) is 0 Å². The first-order valence-electron chi connectivity index (χ1n) is 5.18. The fourth-order valence-electron chi connectivity index (χ4n) is 1.10. The molecule has 1 aromatic rings. The van der Waals surface area contributed by atoms with Gasteiger partial charge in [-0.15, -0.1) is 0 Å². The van der Waals surface area contributed by atoms with Crippen molar-refractivity contribution in [1.82, 2.24) is 5.32 Å². The Morgan fingerprint density at radius 1 is 1.50 bits per heavy atom. The average molecular weight is 242 g/mol. The number of urea groups is 1. The minimum absolute atomic E-state index is 0.0167. The van der Waals surface area contributed by atoms with Gasteiger partial charge in [-0.3, -0.25) is 0 Å². The highest BCUT2D eigenvalue weighted by molar-refractivity contribution is 6.33. The second-order valence-corrected chi connectivity index (χ2v) is 3.89. The molecule has 2 amide bonds. The highest BCUT2D eigenvalue weighted by atomic mass is 35.5. The summed E-state index contributed by atoms with van der Waals surface area (Å²) in [5, 5.41) is 5.84.